The van der Waals surface area contributed by atoms with Crippen LogP contribution in [0.5, 0.6) is 0 Å². The third-order valence-electron chi connectivity index (χ3n) is 1.15. The van der Waals surface area contributed by atoms with E-state index in [-0.39, 0.29) is 0 Å². The van der Waals surface area contributed by atoms with Gasteiger partial charge in [0.15, 0.2) is 0 Å². The van der Waals surface area contributed by atoms with Gasteiger partial charge in [-0.3, -0.25) is 4.55 Å². The van der Waals surface area contributed by atoms with Crippen LogP contribution in [0.1, 0.15) is 26.7 Å². The molecule has 0 fully saturated rings. The SMILES string of the molecule is CCCN(CCC)OS(=O)(=O)O. The van der Waals surface area contributed by atoms with E-state index >= 15 is 0 Å². The average molecular weight is 197 g/mol. The summed E-state index contributed by atoms with van der Waals surface area (Å²) in [4.78, 5) is 0. The van der Waals surface area contributed by atoms with Crippen LogP contribution in [0.2, 0.25) is 0 Å². The molecule has 0 saturated carbocycles. The molecule has 0 amide bonds. The highest BCUT2D eigenvalue weighted by molar-refractivity contribution is 7.80. The smallest absolute Gasteiger partial charge is 0.262 e. The van der Waals surface area contributed by atoms with Crippen LogP contribution < -0.4 is 0 Å². The Morgan fingerprint density at radius 2 is 1.67 bits per heavy atom. The average Bonchev–Trinajstić information content (AvgIpc) is 1.84. The zero-order valence-corrected chi connectivity index (χ0v) is 8.17. The Balaban J connectivity index is 3.95. The van der Waals surface area contributed by atoms with E-state index in [0.717, 1.165) is 12.8 Å². The summed E-state index contributed by atoms with van der Waals surface area (Å²) in [7, 11) is -4.34. The van der Waals surface area contributed by atoms with Gasteiger partial charge in [-0.05, 0) is 12.8 Å². The molecule has 0 spiro atoms. The molecule has 1 N–H and O–H groups in total. The first kappa shape index (κ1) is 11.8. The van der Waals surface area contributed by atoms with Gasteiger partial charge in [0.1, 0.15) is 0 Å². The normalized spacial score (nSPS) is 12.3. The molecule has 0 radical (unpaired) electrons. The third kappa shape index (κ3) is 6.53. The highest BCUT2D eigenvalue weighted by Gasteiger charge is 2.12. The van der Waals surface area contributed by atoms with E-state index in [1.54, 1.807) is 0 Å². The van der Waals surface area contributed by atoms with Crippen molar-refractivity contribution in [3.8, 4) is 0 Å². The maximum Gasteiger partial charge on any atom is 0.413 e. The quantitative estimate of drug-likeness (QED) is 0.505. The van der Waals surface area contributed by atoms with Crippen molar-refractivity contribution < 1.29 is 17.3 Å². The number of rotatable bonds is 6. The lowest BCUT2D eigenvalue weighted by molar-refractivity contribution is -0.0606. The first-order chi connectivity index (χ1) is 5.49. The van der Waals surface area contributed by atoms with Gasteiger partial charge >= 0.3 is 10.4 Å². The Bertz CT molecular complexity index is 196. The standard InChI is InChI=1S/C6H15NO4S/c1-3-5-7(6-4-2)11-12(8,9)10/h3-6H2,1-2H3,(H,8,9,10). The van der Waals surface area contributed by atoms with Gasteiger partial charge in [-0.1, -0.05) is 13.8 Å². The zero-order valence-electron chi connectivity index (χ0n) is 7.36. The second-order valence-electron chi connectivity index (χ2n) is 2.43. The molecule has 12 heavy (non-hydrogen) atoms. The molecule has 0 aliphatic heterocycles. The van der Waals surface area contributed by atoms with Crippen molar-refractivity contribution in [2.75, 3.05) is 13.1 Å². The van der Waals surface area contributed by atoms with E-state index in [4.69, 9.17) is 4.55 Å². The molecule has 0 heterocycles. The summed E-state index contributed by atoms with van der Waals surface area (Å²) in [6.07, 6.45) is 1.55. The molecule has 5 nitrogen and oxygen atoms in total. The molecule has 0 aliphatic rings. The maximum absolute atomic E-state index is 10.3. The van der Waals surface area contributed by atoms with E-state index in [9.17, 15) is 8.42 Å². The van der Waals surface area contributed by atoms with Gasteiger partial charge in [0, 0.05) is 13.1 Å². The topological polar surface area (TPSA) is 66.8 Å². The molecule has 0 rings (SSSR count). The fraction of sp³-hybridized carbons (Fsp3) is 1.00. The van der Waals surface area contributed by atoms with Crippen LogP contribution in [0.25, 0.3) is 0 Å². The van der Waals surface area contributed by atoms with Crippen LogP contribution in [-0.4, -0.2) is 31.1 Å². The number of hydrogen-bond acceptors (Lipinski definition) is 4. The minimum Gasteiger partial charge on any atom is -0.262 e. The van der Waals surface area contributed by atoms with Crippen molar-refractivity contribution in [1.29, 1.82) is 0 Å². The van der Waals surface area contributed by atoms with Crippen molar-refractivity contribution in [2.24, 2.45) is 0 Å². The largest absolute Gasteiger partial charge is 0.413 e. The van der Waals surface area contributed by atoms with Gasteiger partial charge < -0.3 is 0 Å². The molecule has 74 valence electrons. The predicted octanol–water partition coefficient (Wildman–Crippen LogP) is 0.843. The van der Waals surface area contributed by atoms with Crippen LogP contribution in [0.3, 0.4) is 0 Å². The Hall–Kier alpha value is -0.170. The molecular weight excluding hydrogens is 182 g/mol. The number of hydroxylamine groups is 2. The van der Waals surface area contributed by atoms with Crippen molar-refractivity contribution in [3.05, 3.63) is 0 Å². The van der Waals surface area contributed by atoms with E-state index in [2.05, 4.69) is 4.28 Å². The van der Waals surface area contributed by atoms with Gasteiger partial charge in [-0.2, -0.15) is 17.8 Å². The summed E-state index contributed by atoms with van der Waals surface area (Å²) in [6, 6.07) is 0. The Morgan fingerprint density at radius 1 is 1.25 bits per heavy atom. The summed E-state index contributed by atoms with van der Waals surface area (Å²) in [5.41, 5.74) is 0. The summed E-state index contributed by atoms with van der Waals surface area (Å²) in [6.45, 7) is 4.79. The summed E-state index contributed by atoms with van der Waals surface area (Å²) < 4.78 is 33.2. The van der Waals surface area contributed by atoms with E-state index in [1.165, 1.54) is 5.06 Å². The lowest BCUT2D eigenvalue weighted by Crippen LogP contribution is -2.28. The lowest BCUT2D eigenvalue weighted by atomic mass is 10.4. The summed E-state index contributed by atoms with van der Waals surface area (Å²) in [5, 5.41) is 1.23. The van der Waals surface area contributed by atoms with Gasteiger partial charge in [-0.15, -0.1) is 0 Å². The first-order valence-corrected chi connectivity index (χ1v) is 5.28. The van der Waals surface area contributed by atoms with Gasteiger partial charge in [-0.25, -0.2) is 0 Å². The zero-order chi connectivity index (χ0) is 9.61. The fourth-order valence-electron chi connectivity index (χ4n) is 0.818. The molecule has 0 saturated heterocycles. The third-order valence-corrected chi connectivity index (χ3v) is 1.54. The second-order valence-corrected chi connectivity index (χ2v) is 3.44. The molecule has 6 heteroatoms. The van der Waals surface area contributed by atoms with Crippen molar-refractivity contribution in [1.82, 2.24) is 5.06 Å². The molecular formula is C6H15NO4S. The molecule has 0 unspecified atom stereocenters. The van der Waals surface area contributed by atoms with Crippen molar-refractivity contribution in [3.63, 3.8) is 0 Å². The van der Waals surface area contributed by atoms with Gasteiger partial charge in [0.05, 0.1) is 0 Å². The molecule has 0 atom stereocenters. The molecule has 0 aromatic heterocycles. The van der Waals surface area contributed by atoms with E-state index in [0.29, 0.717) is 13.1 Å². The highest BCUT2D eigenvalue weighted by atomic mass is 32.3. The first-order valence-electron chi connectivity index (χ1n) is 3.91. The molecule has 0 bridgehead atoms. The Labute approximate surface area is 73.2 Å². The van der Waals surface area contributed by atoms with Crippen LogP contribution in [-0.2, 0) is 14.7 Å². The van der Waals surface area contributed by atoms with Crippen LogP contribution in [0, 0.1) is 0 Å². The van der Waals surface area contributed by atoms with Crippen LogP contribution >= 0.6 is 0 Å². The monoisotopic (exact) mass is 197 g/mol. The number of nitrogens with zero attached hydrogens (tertiary/aromatic N) is 1. The van der Waals surface area contributed by atoms with Crippen molar-refractivity contribution in [2.45, 2.75) is 26.7 Å². The summed E-state index contributed by atoms with van der Waals surface area (Å²) >= 11 is 0. The van der Waals surface area contributed by atoms with Crippen molar-refractivity contribution >= 4 is 10.4 Å². The minimum atomic E-state index is -4.34. The molecule has 0 aromatic rings. The maximum atomic E-state index is 10.3. The van der Waals surface area contributed by atoms with E-state index in [1.807, 2.05) is 13.8 Å². The Morgan fingerprint density at radius 3 is 1.92 bits per heavy atom. The predicted molar refractivity (Wildman–Crippen MR) is 44.8 cm³/mol. The second kappa shape index (κ2) is 5.47. The highest BCUT2D eigenvalue weighted by Crippen LogP contribution is 1.99. The van der Waals surface area contributed by atoms with Crippen LogP contribution in [0.4, 0.5) is 0 Å². The lowest BCUT2D eigenvalue weighted by Gasteiger charge is -2.16. The molecule has 0 aromatic carbocycles. The van der Waals surface area contributed by atoms with Crippen LogP contribution in [0.15, 0.2) is 0 Å². The van der Waals surface area contributed by atoms with E-state index < -0.39 is 10.4 Å². The fourth-order valence-corrected chi connectivity index (χ4v) is 1.23. The Kier molecular flexibility index (Phi) is 5.39. The summed E-state index contributed by atoms with van der Waals surface area (Å²) in [5.74, 6) is 0. The number of hydrogen-bond donors (Lipinski definition) is 1. The van der Waals surface area contributed by atoms with Gasteiger partial charge in [0.25, 0.3) is 0 Å². The minimum absolute atomic E-state index is 0.494. The molecule has 0 aliphatic carbocycles. The van der Waals surface area contributed by atoms with Gasteiger partial charge in [0.2, 0.25) is 0 Å².